The Bertz CT molecular complexity index is 292. The fraction of sp³-hybridized carbons (Fsp3) is 0.222. The van der Waals surface area contributed by atoms with Crippen molar-refractivity contribution in [3.63, 3.8) is 0 Å². The maximum atomic E-state index is 7.43. The van der Waals surface area contributed by atoms with Crippen LogP contribution < -0.4 is 0 Å². The van der Waals surface area contributed by atoms with E-state index in [-0.39, 0.29) is 0 Å². The first kappa shape index (κ1) is 8.47. The van der Waals surface area contributed by atoms with E-state index in [2.05, 4.69) is 15.9 Å². The van der Waals surface area contributed by atoms with Crippen LogP contribution in [0.1, 0.15) is 18.1 Å². The topological polar surface area (TPSA) is 23.9 Å². The molecule has 0 heterocycles. The first-order chi connectivity index (χ1) is 5.11. The molecule has 1 nitrogen and oxygen atoms in total. The summed E-state index contributed by atoms with van der Waals surface area (Å²) in [6, 6.07) is 5.94. The number of benzene rings is 1. The second kappa shape index (κ2) is 3.18. The van der Waals surface area contributed by atoms with Crippen LogP contribution in [-0.2, 0) is 0 Å². The van der Waals surface area contributed by atoms with Crippen LogP contribution >= 0.6 is 15.9 Å². The first-order valence-electron chi connectivity index (χ1n) is 3.43. The van der Waals surface area contributed by atoms with Gasteiger partial charge in [-0.15, -0.1) is 0 Å². The number of rotatable bonds is 1. The molecule has 0 fully saturated rings. The lowest BCUT2D eigenvalue weighted by molar-refractivity contribution is 1.37. The number of hydrogen-bond acceptors (Lipinski definition) is 1. The maximum Gasteiger partial charge on any atom is 0.0357 e. The van der Waals surface area contributed by atoms with Crippen molar-refractivity contribution < 1.29 is 0 Å². The summed E-state index contributed by atoms with van der Waals surface area (Å²) in [5, 5.41) is 7.43. The van der Waals surface area contributed by atoms with E-state index in [1.165, 1.54) is 0 Å². The summed E-state index contributed by atoms with van der Waals surface area (Å²) in [4.78, 5) is 0. The van der Waals surface area contributed by atoms with Gasteiger partial charge in [0, 0.05) is 10.2 Å². The van der Waals surface area contributed by atoms with Gasteiger partial charge in [0.05, 0.1) is 0 Å². The Hall–Kier alpha value is -0.630. The Kier molecular flexibility index (Phi) is 2.45. The van der Waals surface area contributed by atoms with Crippen LogP contribution in [0.5, 0.6) is 0 Å². The van der Waals surface area contributed by atoms with E-state index in [4.69, 9.17) is 5.41 Å². The molecular weight excluding hydrogens is 202 g/mol. The van der Waals surface area contributed by atoms with Crippen molar-refractivity contribution in [2.45, 2.75) is 13.8 Å². The van der Waals surface area contributed by atoms with Gasteiger partial charge in [-0.2, -0.15) is 0 Å². The number of hydrogen-bond donors (Lipinski definition) is 1. The highest BCUT2D eigenvalue weighted by atomic mass is 79.9. The zero-order valence-electron chi connectivity index (χ0n) is 6.61. The molecule has 0 spiro atoms. The van der Waals surface area contributed by atoms with E-state index in [0.29, 0.717) is 5.71 Å². The van der Waals surface area contributed by atoms with Crippen molar-refractivity contribution in [1.82, 2.24) is 0 Å². The molecule has 0 aromatic heterocycles. The van der Waals surface area contributed by atoms with Crippen molar-refractivity contribution >= 4 is 21.6 Å². The smallest absolute Gasteiger partial charge is 0.0357 e. The SMILES string of the molecule is CC(=N)c1ccc(Br)cc1C. The van der Waals surface area contributed by atoms with Crippen molar-refractivity contribution in [3.8, 4) is 0 Å². The molecule has 0 saturated heterocycles. The van der Waals surface area contributed by atoms with E-state index in [1.807, 2.05) is 25.1 Å². The lowest BCUT2D eigenvalue weighted by atomic mass is 10.1. The number of aryl methyl sites for hydroxylation is 1. The first-order valence-corrected chi connectivity index (χ1v) is 4.22. The van der Waals surface area contributed by atoms with Crippen LogP contribution in [0.3, 0.4) is 0 Å². The molecule has 1 N–H and O–H groups in total. The molecule has 2 heteroatoms. The van der Waals surface area contributed by atoms with E-state index in [9.17, 15) is 0 Å². The Labute approximate surface area is 75.1 Å². The van der Waals surface area contributed by atoms with Gasteiger partial charge in [-0.1, -0.05) is 22.0 Å². The highest BCUT2D eigenvalue weighted by molar-refractivity contribution is 9.10. The molecule has 0 unspecified atom stereocenters. The third-order valence-corrected chi connectivity index (χ3v) is 2.09. The molecule has 0 atom stereocenters. The maximum absolute atomic E-state index is 7.43. The molecule has 0 amide bonds. The summed E-state index contributed by atoms with van der Waals surface area (Å²) in [6.07, 6.45) is 0. The van der Waals surface area contributed by atoms with Gasteiger partial charge in [-0.25, -0.2) is 0 Å². The minimum Gasteiger partial charge on any atom is -0.305 e. The molecule has 0 saturated carbocycles. The van der Waals surface area contributed by atoms with Crippen LogP contribution in [0.25, 0.3) is 0 Å². The normalized spacial score (nSPS) is 9.73. The minimum absolute atomic E-state index is 0.620. The second-order valence-corrected chi connectivity index (χ2v) is 3.50. The molecule has 0 aliphatic carbocycles. The van der Waals surface area contributed by atoms with Crippen LogP contribution in [0.15, 0.2) is 22.7 Å². The van der Waals surface area contributed by atoms with Crippen LogP contribution in [0, 0.1) is 12.3 Å². The summed E-state index contributed by atoms with van der Waals surface area (Å²) in [7, 11) is 0. The van der Waals surface area contributed by atoms with Gasteiger partial charge >= 0.3 is 0 Å². The Morgan fingerprint density at radius 2 is 2.09 bits per heavy atom. The third kappa shape index (κ3) is 1.90. The third-order valence-electron chi connectivity index (χ3n) is 1.59. The van der Waals surface area contributed by atoms with E-state index < -0.39 is 0 Å². The highest BCUT2D eigenvalue weighted by Gasteiger charge is 1.99. The second-order valence-electron chi connectivity index (χ2n) is 2.58. The van der Waals surface area contributed by atoms with Crippen molar-refractivity contribution in [2.75, 3.05) is 0 Å². The molecular formula is C9H10BrN. The fourth-order valence-corrected chi connectivity index (χ4v) is 1.52. The van der Waals surface area contributed by atoms with Gasteiger partial charge in [0.25, 0.3) is 0 Å². The largest absolute Gasteiger partial charge is 0.305 e. The Morgan fingerprint density at radius 1 is 1.45 bits per heavy atom. The molecule has 1 aromatic carbocycles. The van der Waals surface area contributed by atoms with Crippen LogP contribution in [0.2, 0.25) is 0 Å². The lowest BCUT2D eigenvalue weighted by Crippen LogP contribution is -1.94. The summed E-state index contributed by atoms with van der Waals surface area (Å²) in [6.45, 7) is 3.81. The summed E-state index contributed by atoms with van der Waals surface area (Å²) >= 11 is 3.37. The monoisotopic (exact) mass is 211 g/mol. The van der Waals surface area contributed by atoms with E-state index in [1.54, 1.807) is 6.92 Å². The van der Waals surface area contributed by atoms with Crippen LogP contribution in [0.4, 0.5) is 0 Å². The van der Waals surface area contributed by atoms with Crippen molar-refractivity contribution in [1.29, 1.82) is 5.41 Å². The summed E-state index contributed by atoms with van der Waals surface area (Å²) < 4.78 is 1.07. The molecule has 0 aliphatic rings. The van der Waals surface area contributed by atoms with Gasteiger partial charge in [0.1, 0.15) is 0 Å². The minimum atomic E-state index is 0.620. The quantitative estimate of drug-likeness (QED) is 0.691. The van der Waals surface area contributed by atoms with E-state index in [0.717, 1.165) is 15.6 Å². The van der Waals surface area contributed by atoms with Crippen LogP contribution in [-0.4, -0.2) is 5.71 Å². The Morgan fingerprint density at radius 3 is 2.55 bits per heavy atom. The number of halogens is 1. The number of nitrogens with one attached hydrogen (secondary N) is 1. The van der Waals surface area contributed by atoms with Gasteiger partial charge < -0.3 is 5.41 Å². The summed E-state index contributed by atoms with van der Waals surface area (Å²) in [5.74, 6) is 0. The van der Waals surface area contributed by atoms with Crippen molar-refractivity contribution in [3.05, 3.63) is 33.8 Å². The molecule has 58 valence electrons. The average molecular weight is 212 g/mol. The molecule has 0 radical (unpaired) electrons. The molecule has 1 rings (SSSR count). The van der Waals surface area contributed by atoms with E-state index >= 15 is 0 Å². The molecule has 11 heavy (non-hydrogen) atoms. The predicted molar refractivity (Wildman–Crippen MR) is 51.4 cm³/mol. The Balaban J connectivity index is 3.20. The summed E-state index contributed by atoms with van der Waals surface area (Å²) in [5.41, 5.74) is 2.79. The average Bonchev–Trinajstić information content (AvgIpc) is 1.85. The zero-order valence-corrected chi connectivity index (χ0v) is 8.20. The zero-order chi connectivity index (χ0) is 8.43. The molecule has 1 aromatic rings. The van der Waals surface area contributed by atoms with Gasteiger partial charge in [0.2, 0.25) is 0 Å². The highest BCUT2D eigenvalue weighted by Crippen LogP contribution is 2.15. The van der Waals surface area contributed by atoms with Gasteiger partial charge in [-0.05, 0) is 37.1 Å². The van der Waals surface area contributed by atoms with Crippen molar-refractivity contribution in [2.24, 2.45) is 0 Å². The fourth-order valence-electron chi connectivity index (χ4n) is 1.05. The standard InChI is InChI=1S/C9H10BrN/c1-6-5-8(10)3-4-9(6)7(2)11/h3-5,11H,1-2H3. The predicted octanol–water partition coefficient (Wildman–Crippen LogP) is 3.15. The molecule has 0 aliphatic heterocycles. The lowest BCUT2D eigenvalue weighted by Gasteiger charge is -2.02. The molecule has 0 bridgehead atoms. The van der Waals surface area contributed by atoms with Gasteiger partial charge in [-0.3, -0.25) is 0 Å². The van der Waals surface area contributed by atoms with Gasteiger partial charge in [0.15, 0.2) is 0 Å².